The van der Waals surface area contributed by atoms with Gasteiger partial charge in [0.05, 0.1) is 0 Å². The molecule has 5 heteroatoms. The standard InChI is InChI=1S/C21H24N2S.2ClH/c1-22-13-15-23(16-14-22)12-6-9-17-18-7-2-4-10-20(18)24-21-11-5-3-8-19(17)21;;/h2-5,7-11H,6,12-16H2,1H3;2*1H. The van der Waals surface area contributed by atoms with E-state index in [1.54, 1.807) is 0 Å². The van der Waals surface area contributed by atoms with Gasteiger partial charge >= 0.3 is 0 Å². The number of nitrogens with zero attached hydrogens (tertiary/aromatic N) is 2. The van der Waals surface area contributed by atoms with E-state index in [1.807, 2.05) is 11.8 Å². The number of fused-ring (bicyclic) bond motifs is 2. The molecule has 2 nitrogen and oxygen atoms in total. The van der Waals surface area contributed by atoms with Crippen molar-refractivity contribution in [3.63, 3.8) is 0 Å². The minimum absolute atomic E-state index is 0. The monoisotopic (exact) mass is 408 g/mol. The van der Waals surface area contributed by atoms with E-state index in [1.165, 1.54) is 52.7 Å². The van der Waals surface area contributed by atoms with Crippen molar-refractivity contribution in [3.05, 3.63) is 65.7 Å². The molecule has 0 aromatic heterocycles. The molecule has 2 heterocycles. The van der Waals surface area contributed by atoms with Crippen LogP contribution in [0.5, 0.6) is 0 Å². The Morgan fingerprint density at radius 2 is 1.38 bits per heavy atom. The van der Waals surface area contributed by atoms with Gasteiger partial charge in [0.25, 0.3) is 0 Å². The van der Waals surface area contributed by atoms with Gasteiger partial charge in [-0.15, -0.1) is 24.8 Å². The van der Waals surface area contributed by atoms with E-state index in [4.69, 9.17) is 0 Å². The molecule has 1 saturated heterocycles. The minimum Gasteiger partial charge on any atom is -0.304 e. The topological polar surface area (TPSA) is 6.48 Å². The van der Waals surface area contributed by atoms with Crippen LogP contribution in [0.25, 0.3) is 5.57 Å². The summed E-state index contributed by atoms with van der Waals surface area (Å²) < 4.78 is 0. The zero-order valence-corrected chi connectivity index (χ0v) is 17.5. The molecule has 0 atom stereocenters. The van der Waals surface area contributed by atoms with Crippen LogP contribution < -0.4 is 0 Å². The molecule has 140 valence electrons. The van der Waals surface area contributed by atoms with Crippen molar-refractivity contribution < 1.29 is 0 Å². The second-order valence-electron chi connectivity index (χ2n) is 6.65. The van der Waals surface area contributed by atoms with Crippen LogP contribution in [0, 0.1) is 0 Å². The third kappa shape index (κ3) is 4.65. The van der Waals surface area contributed by atoms with Crippen LogP contribution in [0.3, 0.4) is 0 Å². The van der Waals surface area contributed by atoms with E-state index in [9.17, 15) is 0 Å². The maximum atomic E-state index is 2.59. The summed E-state index contributed by atoms with van der Waals surface area (Å²) in [6, 6.07) is 17.6. The molecule has 0 bridgehead atoms. The molecule has 0 spiro atoms. The molecule has 4 rings (SSSR count). The van der Waals surface area contributed by atoms with E-state index in [2.05, 4.69) is 71.5 Å². The molecule has 0 unspecified atom stereocenters. The lowest BCUT2D eigenvalue weighted by Crippen LogP contribution is -2.44. The Hall–Kier alpha value is -0.970. The Morgan fingerprint density at radius 1 is 0.846 bits per heavy atom. The Bertz CT molecular complexity index is 708. The zero-order chi connectivity index (χ0) is 16.4. The molecule has 0 saturated carbocycles. The van der Waals surface area contributed by atoms with E-state index in [-0.39, 0.29) is 24.8 Å². The first-order chi connectivity index (χ1) is 11.8. The van der Waals surface area contributed by atoms with Crippen molar-refractivity contribution in [2.75, 3.05) is 39.8 Å². The summed E-state index contributed by atoms with van der Waals surface area (Å²) in [5, 5.41) is 0. The Morgan fingerprint density at radius 3 is 1.96 bits per heavy atom. The summed E-state index contributed by atoms with van der Waals surface area (Å²) in [5.41, 5.74) is 4.19. The first kappa shape index (κ1) is 21.3. The highest BCUT2D eigenvalue weighted by Crippen LogP contribution is 2.45. The largest absolute Gasteiger partial charge is 0.304 e. The third-order valence-electron chi connectivity index (χ3n) is 4.96. The number of likely N-dealkylation sites (N-methyl/N-ethyl adjacent to an activating group) is 1. The van der Waals surface area contributed by atoms with E-state index in [0.29, 0.717) is 0 Å². The highest BCUT2D eigenvalue weighted by atomic mass is 35.5. The van der Waals surface area contributed by atoms with Gasteiger partial charge in [0.1, 0.15) is 0 Å². The molecule has 2 aromatic rings. The Kier molecular flexibility index (Phi) is 8.05. The van der Waals surface area contributed by atoms with Gasteiger partial charge in [-0.05, 0) is 42.3 Å². The molecule has 0 N–H and O–H groups in total. The second-order valence-corrected chi connectivity index (χ2v) is 7.73. The van der Waals surface area contributed by atoms with Gasteiger partial charge in [0.2, 0.25) is 0 Å². The van der Waals surface area contributed by atoms with Crippen molar-refractivity contribution in [1.82, 2.24) is 9.80 Å². The predicted octanol–water partition coefficient (Wildman–Crippen LogP) is 5.06. The summed E-state index contributed by atoms with van der Waals surface area (Å²) in [7, 11) is 2.22. The number of piperazine rings is 1. The molecule has 2 aromatic carbocycles. The van der Waals surface area contributed by atoms with Gasteiger partial charge in [0, 0.05) is 42.5 Å². The lowest BCUT2D eigenvalue weighted by Gasteiger charge is -2.32. The molecule has 0 amide bonds. The lowest BCUT2D eigenvalue weighted by molar-refractivity contribution is 0.156. The van der Waals surface area contributed by atoms with Crippen LogP contribution in [-0.2, 0) is 0 Å². The number of hydrogen-bond acceptors (Lipinski definition) is 3. The van der Waals surface area contributed by atoms with E-state index < -0.39 is 0 Å². The number of rotatable bonds is 3. The SMILES string of the molecule is CN1CCN(CCC=C2c3ccccc3Sc3ccccc32)CC1.Cl.Cl. The summed E-state index contributed by atoms with van der Waals surface area (Å²) in [6.45, 7) is 5.94. The van der Waals surface area contributed by atoms with Crippen LogP contribution in [0.2, 0.25) is 0 Å². The maximum absolute atomic E-state index is 2.59. The molecule has 2 aliphatic rings. The highest BCUT2D eigenvalue weighted by Gasteiger charge is 2.20. The average Bonchev–Trinajstić information content (AvgIpc) is 2.63. The average molecular weight is 409 g/mol. The molecule has 0 aliphatic carbocycles. The van der Waals surface area contributed by atoms with Crippen molar-refractivity contribution in [1.29, 1.82) is 0 Å². The molecular formula is C21H26Cl2N2S. The van der Waals surface area contributed by atoms with Crippen LogP contribution >= 0.6 is 36.6 Å². The summed E-state index contributed by atoms with van der Waals surface area (Å²) in [4.78, 5) is 7.76. The first-order valence-electron chi connectivity index (χ1n) is 8.79. The smallest absolute Gasteiger partial charge is 0.0201 e. The lowest BCUT2D eigenvalue weighted by atomic mass is 9.96. The number of benzene rings is 2. The van der Waals surface area contributed by atoms with E-state index in [0.717, 1.165) is 13.0 Å². The Balaban J connectivity index is 0.00000121. The third-order valence-corrected chi connectivity index (χ3v) is 6.12. The fourth-order valence-electron chi connectivity index (χ4n) is 3.50. The van der Waals surface area contributed by atoms with E-state index >= 15 is 0 Å². The van der Waals surface area contributed by atoms with Crippen LogP contribution in [0.4, 0.5) is 0 Å². The van der Waals surface area contributed by atoms with Crippen LogP contribution in [-0.4, -0.2) is 49.6 Å². The first-order valence-corrected chi connectivity index (χ1v) is 9.60. The maximum Gasteiger partial charge on any atom is 0.0201 e. The normalized spacial score (nSPS) is 16.7. The number of hydrogen-bond donors (Lipinski definition) is 0. The second kappa shape index (κ2) is 9.82. The van der Waals surface area contributed by atoms with Crippen molar-refractivity contribution in [3.8, 4) is 0 Å². The Labute approximate surface area is 173 Å². The van der Waals surface area contributed by atoms with Crippen molar-refractivity contribution >= 4 is 42.1 Å². The van der Waals surface area contributed by atoms with Gasteiger partial charge < -0.3 is 9.80 Å². The minimum atomic E-state index is 0. The predicted molar refractivity (Wildman–Crippen MR) is 117 cm³/mol. The number of halogens is 2. The molecule has 26 heavy (non-hydrogen) atoms. The molecule has 1 fully saturated rings. The van der Waals surface area contributed by atoms with Gasteiger partial charge in [-0.1, -0.05) is 54.2 Å². The van der Waals surface area contributed by atoms with Crippen LogP contribution in [0.15, 0.2) is 64.4 Å². The molecule has 0 radical (unpaired) electrons. The summed E-state index contributed by atoms with van der Waals surface area (Å²) in [5.74, 6) is 0. The molecule has 2 aliphatic heterocycles. The zero-order valence-electron chi connectivity index (χ0n) is 15.1. The van der Waals surface area contributed by atoms with Crippen molar-refractivity contribution in [2.24, 2.45) is 0 Å². The quantitative estimate of drug-likeness (QED) is 0.597. The van der Waals surface area contributed by atoms with Crippen molar-refractivity contribution in [2.45, 2.75) is 16.2 Å². The van der Waals surface area contributed by atoms with Gasteiger partial charge in [-0.3, -0.25) is 0 Å². The van der Waals surface area contributed by atoms with Gasteiger partial charge in [-0.25, -0.2) is 0 Å². The highest BCUT2D eigenvalue weighted by molar-refractivity contribution is 7.99. The summed E-state index contributed by atoms with van der Waals surface area (Å²) >= 11 is 1.89. The summed E-state index contributed by atoms with van der Waals surface area (Å²) in [6.07, 6.45) is 3.57. The van der Waals surface area contributed by atoms with Crippen LogP contribution in [0.1, 0.15) is 17.5 Å². The van der Waals surface area contributed by atoms with Gasteiger partial charge in [-0.2, -0.15) is 0 Å². The fraction of sp³-hybridized carbons (Fsp3) is 0.333. The fourth-order valence-corrected chi connectivity index (χ4v) is 4.61. The van der Waals surface area contributed by atoms with Gasteiger partial charge in [0.15, 0.2) is 0 Å². The molecular weight excluding hydrogens is 383 g/mol.